The molecule has 0 bridgehead atoms. The standard InChI is InChI=1S/C10H21NOS/c1-3-8-5-6-9(11)10(7-8)13(12)4-2/h8-10H,3-7,11H2,1-2H3. The van der Waals surface area contributed by atoms with Gasteiger partial charge in [-0.3, -0.25) is 4.21 Å². The summed E-state index contributed by atoms with van der Waals surface area (Å²) in [6.45, 7) is 4.20. The van der Waals surface area contributed by atoms with Gasteiger partial charge in [0.2, 0.25) is 0 Å². The summed E-state index contributed by atoms with van der Waals surface area (Å²) < 4.78 is 11.7. The van der Waals surface area contributed by atoms with Crippen molar-refractivity contribution < 1.29 is 4.21 Å². The molecular formula is C10H21NOS. The zero-order valence-electron chi connectivity index (χ0n) is 8.66. The lowest BCUT2D eigenvalue weighted by Gasteiger charge is -2.32. The van der Waals surface area contributed by atoms with E-state index in [4.69, 9.17) is 5.73 Å². The van der Waals surface area contributed by atoms with E-state index in [0.717, 1.165) is 24.5 Å². The van der Waals surface area contributed by atoms with Crippen LogP contribution in [-0.2, 0) is 10.8 Å². The van der Waals surface area contributed by atoms with E-state index in [-0.39, 0.29) is 11.3 Å². The second-order valence-corrected chi connectivity index (χ2v) is 5.90. The van der Waals surface area contributed by atoms with Crippen molar-refractivity contribution >= 4 is 10.8 Å². The highest BCUT2D eigenvalue weighted by molar-refractivity contribution is 7.85. The second-order valence-electron chi connectivity index (χ2n) is 3.96. The Bertz CT molecular complexity index is 184. The maximum absolute atomic E-state index is 11.7. The third-order valence-electron chi connectivity index (χ3n) is 3.15. The average molecular weight is 203 g/mol. The molecule has 1 aliphatic rings. The molecule has 13 heavy (non-hydrogen) atoms. The van der Waals surface area contributed by atoms with Crippen molar-refractivity contribution in [1.82, 2.24) is 0 Å². The van der Waals surface area contributed by atoms with Crippen LogP contribution in [0.2, 0.25) is 0 Å². The molecule has 0 saturated heterocycles. The average Bonchev–Trinajstić information content (AvgIpc) is 2.17. The second kappa shape index (κ2) is 5.11. The molecule has 2 nitrogen and oxygen atoms in total. The van der Waals surface area contributed by atoms with E-state index in [2.05, 4.69) is 6.92 Å². The molecule has 0 aromatic heterocycles. The van der Waals surface area contributed by atoms with Crippen molar-refractivity contribution in [3.8, 4) is 0 Å². The summed E-state index contributed by atoms with van der Waals surface area (Å²) in [5, 5.41) is 0.267. The first-order valence-corrected chi connectivity index (χ1v) is 6.70. The Morgan fingerprint density at radius 1 is 1.38 bits per heavy atom. The lowest BCUT2D eigenvalue weighted by Crippen LogP contribution is -2.43. The van der Waals surface area contributed by atoms with Crippen molar-refractivity contribution in [3.05, 3.63) is 0 Å². The third-order valence-corrected chi connectivity index (χ3v) is 4.94. The van der Waals surface area contributed by atoms with E-state index in [1.54, 1.807) is 0 Å². The molecule has 1 aliphatic carbocycles. The highest BCUT2D eigenvalue weighted by Gasteiger charge is 2.30. The maximum atomic E-state index is 11.7. The van der Waals surface area contributed by atoms with E-state index in [1.807, 2.05) is 6.92 Å². The van der Waals surface area contributed by atoms with Gasteiger partial charge in [-0.2, -0.15) is 0 Å². The van der Waals surface area contributed by atoms with Crippen LogP contribution < -0.4 is 5.73 Å². The van der Waals surface area contributed by atoms with Crippen LogP contribution in [0.4, 0.5) is 0 Å². The Morgan fingerprint density at radius 2 is 2.08 bits per heavy atom. The van der Waals surface area contributed by atoms with Gasteiger partial charge >= 0.3 is 0 Å². The lowest BCUT2D eigenvalue weighted by atomic mass is 9.84. The Morgan fingerprint density at radius 3 is 2.62 bits per heavy atom. The first-order chi connectivity index (χ1) is 6.19. The minimum Gasteiger partial charge on any atom is -0.327 e. The van der Waals surface area contributed by atoms with Crippen LogP contribution in [0.5, 0.6) is 0 Å². The fourth-order valence-corrected chi connectivity index (χ4v) is 3.56. The van der Waals surface area contributed by atoms with E-state index >= 15 is 0 Å². The van der Waals surface area contributed by atoms with Crippen LogP contribution in [-0.4, -0.2) is 21.3 Å². The summed E-state index contributed by atoms with van der Waals surface area (Å²) in [4.78, 5) is 0. The summed E-state index contributed by atoms with van der Waals surface area (Å²) >= 11 is 0. The number of rotatable bonds is 3. The van der Waals surface area contributed by atoms with Crippen molar-refractivity contribution in [3.63, 3.8) is 0 Å². The van der Waals surface area contributed by atoms with Crippen LogP contribution in [0.25, 0.3) is 0 Å². The molecule has 2 N–H and O–H groups in total. The van der Waals surface area contributed by atoms with Crippen molar-refractivity contribution in [1.29, 1.82) is 0 Å². The van der Waals surface area contributed by atoms with Gasteiger partial charge in [0.05, 0.1) is 5.25 Å². The molecule has 1 saturated carbocycles. The zero-order valence-corrected chi connectivity index (χ0v) is 9.48. The summed E-state index contributed by atoms with van der Waals surface area (Å²) in [5.41, 5.74) is 5.98. The molecule has 78 valence electrons. The quantitative estimate of drug-likeness (QED) is 0.758. The van der Waals surface area contributed by atoms with Gasteiger partial charge in [-0.25, -0.2) is 0 Å². The van der Waals surface area contributed by atoms with Gasteiger partial charge in [0.25, 0.3) is 0 Å². The molecule has 3 heteroatoms. The highest BCUT2D eigenvalue weighted by Crippen LogP contribution is 2.28. The zero-order chi connectivity index (χ0) is 9.84. The first kappa shape index (κ1) is 11.2. The van der Waals surface area contributed by atoms with E-state index in [1.165, 1.54) is 12.8 Å². The van der Waals surface area contributed by atoms with Crippen LogP contribution in [0, 0.1) is 5.92 Å². The molecule has 0 amide bonds. The molecule has 0 aromatic rings. The minimum absolute atomic E-state index is 0.184. The molecular weight excluding hydrogens is 182 g/mol. The highest BCUT2D eigenvalue weighted by atomic mass is 32.2. The topological polar surface area (TPSA) is 43.1 Å². The van der Waals surface area contributed by atoms with E-state index in [9.17, 15) is 4.21 Å². The predicted octanol–water partition coefficient (Wildman–Crippen LogP) is 1.66. The number of hydrogen-bond donors (Lipinski definition) is 1. The van der Waals surface area contributed by atoms with Gasteiger partial charge in [-0.15, -0.1) is 0 Å². The van der Waals surface area contributed by atoms with Crippen molar-refractivity contribution in [2.24, 2.45) is 11.7 Å². The Labute approximate surface area is 83.7 Å². The smallest absolute Gasteiger partial charge is 0.0501 e. The van der Waals surface area contributed by atoms with Gasteiger partial charge in [0.1, 0.15) is 0 Å². The summed E-state index contributed by atoms with van der Waals surface area (Å²) in [7, 11) is -0.691. The molecule has 1 rings (SSSR count). The molecule has 4 unspecified atom stereocenters. The molecule has 0 aromatic carbocycles. The Balaban J connectivity index is 2.54. The normalized spacial score (nSPS) is 37.3. The van der Waals surface area contributed by atoms with Crippen LogP contribution in [0.3, 0.4) is 0 Å². The molecule has 1 fully saturated rings. The Kier molecular flexibility index (Phi) is 4.39. The van der Waals surface area contributed by atoms with E-state index in [0.29, 0.717) is 0 Å². The van der Waals surface area contributed by atoms with Crippen molar-refractivity contribution in [2.75, 3.05) is 5.75 Å². The van der Waals surface area contributed by atoms with Gasteiger partial charge in [0.15, 0.2) is 0 Å². The molecule has 4 atom stereocenters. The van der Waals surface area contributed by atoms with Crippen LogP contribution >= 0.6 is 0 Å². The lowest BCUT2D eigenvalue weighted by molar-refractivity contribution is 0.324. The minimum atomic E-state index is -0.691. The predicted molar refractivity (Wildman–Crippen MR) is 58.1 cm³/mol. The fraction of sp³-hybridized carbons (Fsp3) is 1.00. The molecule has 0 aliphatic heterocycles. The Hall–Kier alpha value is 0.110. The SMILES string of the molecule is CCC1CCC(N)C(S(=O)CC)C1. The first-order valence-electron chi connectivity index (χ1n) is 5.31. The monoisotopic (exact) mass is 203 g/mol. The van der Waals surface area contributed by atoms with Crippen molar-refractivity contribution in [2.45, 2.75) is 50.8 Å². The van der Waals surface area contributed by atoms with Gasteiger partial charge < -0.3 is 5.73 Å². The summed E-state index contributed by atoms with van der Waals surface area (Å²) in [6, 6.07) is 0.184. The molecule has 0 radical (unpaired) electrons. The summed E-state index contributed by atoms with van der Waals surface area (Å²) in [5.74, 6) is 1.52. The summed E-state index contributed by atoms with van der Waals surface area (Å²) in [6.07, 6.45) is 4.59. The number of nitrogens with two attached hydrogens (primary N) is 1. The number of hydrogen-bond acceptors (Lipinski definition) is 2. The van der Waals surface area contributed by atoms with Gasteiger partial charge in [-0.05, 0) is 25.2 Å². The fourth-order valence-electron chi connectivity index (χ4n) is 2.12. The van der Waals surface area contributed by atoms with Gasteiger partial charge in [-0.1, -0.05) is 20.3 Å². The molecule has 0 spiro atoms. The largest absolute Gasteiger partial charge is 0.327 e. The van der Waals surface area contributed by atoms with E-state index < -0.39 is 10.8 Å². The third kappa shape index (κ3) is 2.78. The van der Waals surface area contributed by atoms with Gasteiger partial charge in [0, 0.05) is 22.6 Å². The van der Waals surface area contributed by atoms with Crippen LogP contribution in [0.15, 0.2) is 0 Å². The molecule has 0 heterocycles. The maximum Gasteiger partial charge on any atom is 0.0501 e. The van der Waals surface area contributed by atoms with Crippen LogP contribution in [0.1, 0.15) is 39.5 Å².